The normalized spacial score (nSPS) is 11.4. The highest BCUT2D eigenvalue weighted by Gasteiger charge is 2.05. The van der Waals surface area contributed by atoms with Crippen molar-refractivity contribution in [2.24, 2.45) is 12.0 Å². The molecule has 4 nitrogen and oxygen atoms in total. The number of aromatic nitrogens is 2. The Labute approximate surface area is 121 Å². The molecule has 0 aliphatic carbocycles. The van der Waals surface area contributed by atoms with Crippen molar-refractivity contribution in [3.05, 3.63) is 41.7 Å². The van der Waals surface area contributed by atoms with Crippen molar-refractivity contribution in [2.75, 3.05) is 0 Å². The number of benzene rings is 1. The molecule has 0 atom stereocenters. The summed E-state index contributed by atoms with van der Waals surface area (Å²) in [5.74, 6) is 0.866. The van der Waals surface area contributed by atoms with Crippen LogP contribution in [0.25, 0.3) is 0 Å². The van der Waals surface area contributed by atoms with Gasteiger partial charge in [0.25, 0.3) is 9.04 Å². The number of para-hydroxylation sites is 2. The summed E-state index contributed by atoms with van der Waals surface area (Å²) >= 11 is 0. The van der Waals surface area contributed by atoms with Gasteiger partial charge in [-0.2, -0.15) is 5.10 Å². The maximum atomic E-state index is 5.85. The lowest BCUT2D eigenvalue weighted by Crippen LogP contribution is -2.11. The van der Waals surface area contributed by atoms with Crippen LogP contribution in [-0.4, -0.2) is 25.0 Å². The number of hydrogen-bond acceptors (Lipinski definition) is 3. The first-order chi connectivity index (χ1) is 9.56. The third kappa shape index (κ3) is 3.80. The van der Waals surface area contributed by atoms with E-state index in [4.69, 9.17) is 4.43 Å². The lowest BCUT2D eigenvalue weighted by Gasteiger charge is -2.10. The molecule has 0 saturated carbocycles. The Bertz CT molecular complexity index is 605. The minimum Gasteiger partial charge on any atom is -0.541 e. The van der Waals surface area contributed by atoms with Crippen molar-refractivity contribution >= 4 is 20.9 Å². The van der Waals surface area contributed by atoms with Crippen LogP contribution in [0.15, 0.2) is 35.5 Å². The van der Waals surface area contributed by atoms with E-state index in [-0.39, 0.29) is 0 Å². The molecule has 20 heavy (non-hydrogen) atoms. The first kappa shape index (κ1) is 14.5. The molecule has 0 fully saturated rings. The van der Waals surface area contributed by atoms with E-state index in [1.165, 1.54) is 5.56 Å². The Morgan fingerprint density at radius 3 is 2.75 bits per heavy atom. The van der Waals surface area contributed by atoms with Crippen LogP contribution in [0.1, 0.15) is 11.3 Å². The Balaban J connectivity index is 2.09. The zero-order valence-corrected chi connectivity index (χ0v) is 13.4. The predicted octanol–water partition coefficient (Wildman–Crippen LogP) is 3.30. The van der Waals surface area contributed by atoms with E-state index in [9.17, 15) is 0 Å². The van der Waals surface area contributed by atoms with Crippen LogP contribution in [0.4, 0.5) is 5.69 Å². The molecule has 0 aliphatic heterocycles. The van der Waals surface area contributed by atoms with Gasteiger partial charge >= 0.3 is 0 Å². The first-order valence-electron chi connectivity index (χ1n) is 6.65. The molecule has 2 rings (SSSR count). The lowest BCUT2D eigenvalue weighted by molar-refractivity contribution is 0.582. The topological polar surface area (TPSA) is 39.4 Å². The second-order valence-electron chi connectivity index (χ2n) is 4.91. The molecule has 0 spiro atoms. The fraction of sp³-hybridized carbons (Fsp3) is 0.333. The molecule has 0 unspecified atom stereocenters. The molecular formula is C15H20N3OSi. The van der Waals surface area contributed by atoms with Crippen LogP contribution >= 0.6 is 0 Å². The van der Waals surface area contributed by atoms with Crippen LogP contribution in [0.5, 0.6) is 5.75 Å². The van der Waals surface area contributed by atoms with Crippen molar-refractivity contribution < 1.29 is 4.43 Å². The van der Waals surface area contributed by atoms with E-state index < -0.39 is 9.04 Å². The second-order valence-corrected chi connectivity index (χ2v) is 6.93. The highest BCUT2D eigenvalue weighted by atomic mass is 28.3. The number of nitrogens with zero attached hydrogens (tertiary/aromatic N) is 3. The Kier molecular flexibility index (Phi) is 4.73. The zero-order chi connectivity index (χ0) is 14.5. The molecule has 1 radical (unpaired) electrons. The quantitative estimate of drug-likeness (QED) is 0.625. The van der Waals surface area contributed by atoms with E-state index in [0.717, 1.165) is 23.6 Å². The zero-order valence-electron chi connectivity index (χ0n) is 12.4. The standard InChI is InChI=1S/C15H20N3OSi/c1-12-13(11-18(2)17-12)9-10-16-14-7-5-6-8-15(14)19-20(3)4/h5-8,10-11H,9H2,1-4H3. The van der Waals surface area contributed by atoms with Gasteiger partial charge in [0.1, 0.15) is 11.4 Å². The average Bonchev–Trinajstić information content (AvgIpc) is 2.69. The first-order valence-corrected chi connectivity index (χ1v) is 9.06. The maximum Gasteiger partial charge on any atom is 0.274 e. The third-order valence-electron chi connectivity index (χ3n) is 2.84. The lowest BCUT2D eigenvalue weighted by atomic mass is 10.2. The number of hydrogen-bond donors (Lipinski definition) is 0. The van der Waals surface area contributed by atoms with Crippen LogP contribution in [0, 0.1) is 6.92 Å². The summed E-state index contributed by atoms with van der Waals surface area (Å²) < 4.78 is 7.68. The van der Waals surface area contributed by atoms with Gasteiger partial charge in [0.15, 0.2) is 0 Å². The molecule has 2 aromatic rings. The summed E-state index contributed by atoms with van der Waals surface area (Å²) in [4.78, 5) is 4.53. The monoisotopic (exact) mass is 286 g/mol. The smallest absolute Gasteiger partial charge is 0.274 e. The summed E-state index contributed by atoms with van der Waals surface area (Å²) in [6, 6.07) is 7.91. The van der Waals surface area contributed by atoms with Gasteiger partial charge in [-0.25, -0.2) is 0 Å². The Morgan fingerprint density at radius 1 is 1.35 bits per heavy atom. The van der Waals surface area contributed by atoms with Crippen molar-refractivity contribution in [2.45, 2.75) is 26.4 Å². The third-order valence-corrected chi connectivity index (χ3v) is 3.46. The van der Waals surface area contributed by atoms with Gasteiger partial charge in [-0.3, -0.25) is 9.67 Å². The largest absolute Gasteiger partial charge is 0.541 e. The van der Waals surface area contributed by atoms with Gasteiger partial charge in [-0.15, -0.1) is 0 Å². The van der Waals surface area contributed by atoms with Crippen LogP contribution < -0.4 is 4.43 Å². The van der Waals surface area contributed by atoms with Gasteiger partial charge < -0.3 is 4.43 Å². The molecular weight excluding hydrogens is 266 g/mol. The Morgan fingerprint density at radius 2 is 2.10 bits per heavy atom. The fourth-order valence-corrected chi connectivity index (χ4v) is 2.57. The molecule has 0 saturated heterocycles. The molecule has 0 bridgehead atoms. The maximum absolute atomic E-state index is 5.85. The van der Waals surface area contributed by atoms with E-state index in [2.05, 4.69) is 23.2 Å². The fourth-order valence-electron chi connectivity index (χ4n) is 1.96. The molecule has 0 amide bonds. The number of aryl methyl sites for hydroxylation is 2. The molecule has 0 N–H and O–H groups in total. The molecule has 1 aromatic heterocycles. The van der Waals surface area contributed by atoms with Gasteiger partial charge in [0.2, 0.25) is 0 Å². The minimum absolute atomic E-state index is 0.776. The summed E-state index contributed by atoms with van der Waals surface area (Å²) in [5.41, 5.74) is 3.14. The molecule has 0 aliphatic rings. The van der Waals surface area contributed by atoms with Crippen LogP contribution in [0.2, 0.25) is 13.1 Å². The Hall–Kier alpha value is -1.88. The van der Waals surface area contributed by atoms with Crippen LogP contribution in [-0.2, 0) is 13.5 Å². The highest BCUT2D eigenvalue weighted by Crippen LogP contribution is 2.27. The number of aliphatic imine (C=N–C) groups is 1. The van der Waals surface area contributed by atoms with Gasteiger partial charge in [0, 0.05) is 25.9 Å². The van der Waals surface area contributed by atoms with E-state index >= 15 is 0 Å². The van der Waals surface area contributed by atoms with Gasteiger partial charge in [-0.1, -0.05) is 12.1 Å². The van der Waals surface area contributed by atoms with Crippen molar-refractivity contribution in [3.63, 3.8) is 0 Å². The predicted molar refractivity (Wildman–Crippen MR) is 84.4 cm³/mol. The molecule has 1 aromatic carbocycles. The van der Waals surface area contributed by atoms with E-state index in [1.54, 1.807) is 0 Å². The molecule has 1 heterocycles. The number of rotatable bonds is 5. The van der Waals surface area contributed by atoms with Crippen molar-refractivity contribution in [1.82, 2.24) is 9.78 Å². The molecule has 5 heteroatoms. The van der Waals surface area contributed by atoms with Crippen molar-refractivity contribution in [1.29, 1.82) is 0 Å². The highest BCUT2D eigenvalue weighted by molar-refractivity contribution is 6.49. The van der Waals surface area contributed by atoms with Gasteiger partial charge in [0.05, 0.1) is 5.69 Å². The van der Waals surface area contributed by atoms with Crippen LogP contribution in [0.3, 0.4) is 0 Å². The summed E-state index contributed by atoms with van der Waals surface area (Å²) in [6.07, 6.45) is 4.73. The molecule has 105 valence electrons. The van der Waals surface area contributed by atoms with E-state index in [0.29, 0.717) is 0 Å². The summed E-state index contributed by atoms with van der Waals surface area (Å²) in [5, 5.41) is 4.33. The summed E-state index contributed by atoms with van der Waals surface area (Å²) in [6.45, 7) is 6.25. The van der Waals surface area contributed by atoms with Gasteiger partial charge in [-0.05, 0) is 37.7 Å². The summed E-state index contributed by atoms with van der Waals surface area (Å²) in [7, 11) is 1.16. The average molecular weight is 286 g/mol. The SMILES string of the molecule is Cc1nn(C)cc1CC=Nc1ccccc1O[Si](C)C. The second kappa shape index (κ2) is 6.52. The van der Waals surface area contributed by atoms with Crippen molar-refractivity contribution in [3.8, 4) is 5.75 Å². The minimum atomic E-state index is -0.776. The van der Waals surface area contributed by atoms with E-state index in [1.807, 2.05) is 55.3 Å².